The molecule has 0 saturated carbocycles. The highest BCUT2D eigenvalue weighted by atomic mass is 35.5. The van der Waals surface area contributed by atoms with Crippen LogP contribution in [0.2, 0.25) is 5.02 Å². The number of hydrogen-bond donors (Lipinski definition) is 2. The van der Waals surface area contributed by atoms with Gasteiger partial charge in [0.15, 0.2) is 6.04 Å². The number of hydrogen-bond acceptors (Lipinski definition) is 6. The molecule has 2 atom stereocenters. The van der Waals surface area contributed by atoms with Gasteiger partial charge in [-0.2, -0.15) is 0 Å². The molecule has 10 heteroatoms. The highest BCUT2D eigenvalue weighted by molar-refractivity contribution is 6.31. The van der Waals surface area contributed by atoms with E-state index in [1.807, 2.05) is 30.3 Å². The molecule has 0 bridgehead atoms. The number of morpholine rings is 1. The third kappa shape index (κ3) is 6.06. The molecule has 39 heavy (non-hydrogen) atoms. The van der Waals surface area contributed by atoms with E-state index in [-0.39, 0.29) is 35.0 Å². The largest absolute Gasteiger partial charge is 0.379 e. The number of carbonyl (C=O) groups is 4. The monoisotopic (exact) mass is 553 g/mol. The third-order valence-electron chi connectivity index (χ3n) is 8.03. The lowest BCUT2D eigenvalue weighted by Gasteiger charge is -2.35. The zero-order chi connectivity index (χ0) is 27.6. The predicted molar refractivity (Wildman–Crippen MR) is 145 cm³/mol. The lowest BCUT2D eigenvalue weighted by molar-refractivity contribution is -0.855. The summed E-state index contributed by atoms with van der Waals surface area (Å²) in [6.45, 7) is 4.97. The summed E-state index contributed by atoms with van der Waals surface area (Å²) in [5.41, 5.74) is 4.26. The van der Waals surface area contributed by atoms with Crippen molar-refractivity contribution < 1.29 is 28.4 Å². The second-order valence-electron chi connectivity index (χ2n) is 10.8. The molecule has 4 amide bonds. The van der Waals surface area contributed by atoms with Crippen LogP contribution in [0.3, 0.4) is 0 Å². The fourth-order valence-corrected chi connectivity index (χ4v) is 5.97. The number of imide groups is 1. The number of likely N-dealkylation sites (N-methyl/N-ethyl adjacent to an activating group) is 1. The Balaban J connectivity index is 1.17. The van der Waals surface area contributed by atoms with Gasteiger partial charge in [0.05, 0.1) is 32.2 Å². The van der Waals surface area contributed by atoms with E-state index < -0.39 is 11.9 Å². The minimum atomic E-state index is -0.594. The molecule has 9 nitrogen and oxygen atoms in total. The smallest absolute Gasteiger partial charge is 0.347 e. The van der Waals surface area contributed by atoms with E-state index in [0.717, 1.165) is 61.5 Å². The molecular weight excluding hydrogens is 520 g/mol. The van der Waals surface area contributed by atoms with Crippen molar-refractivity contribution in [1.29, 1.82) is 0 Å². The summed E-state index contributed by atoms with van der Waals surface area (Å²) in [6, 6.07) is 10.7. The lowest BCUT2D eigenvalue weighted by atomic mass is 10.0. The van der Waals surface area contributed by atoms with Crippen LogP contribution in [-0.2, 0) is 45.1 Å². The van der Waals surface area contributed by atoms with Crippen molar-refractivity contribution in [3.63, 3.8) is 0 Å². The number of nitrogens with one attached hydrogen (secondary N) is 2. The summed E-state index contributed by atoms with van der Waals surface area (Å²) < 4.78 is 5.33. The summed E-state index contributed by atoms with van der Waals surface area (Å²) in [6.07, 6.45) is 1.64. The van der Waals surface area contributed by atoms with Gasteiger partial charge in [-0.3, -0.25) is 24.6 Å². The van der Waals surface area contributed by atoms with Crippen LogP contribution in [0, 0.1) is 0 Å². The number of benzene rings is 2. The number of piperidine rings is 1. The highest BCUT2D eigenvalue weighted by Gasteiger charge is 2.51. The number of carbonyl (C=O) groups excluding carboxylic acids is 4. The van der Waals surface area contributed by atoms with Crippen LogP contribution in [0.4, 0.5) is 0 Å². The van der Waals surface area contributed by atoms with Gasteiger partial charge >= 0.3 is 5.91 Å². The highest BCUT2D eigenvalue weighted by Crippen LogP contribution is 2.34. The number of nitrogens with zero attached hydrogens (tertiary/aromatic N) is 2. The molecule has 2 N–H and O–H groups in total. The first-order valence-corrected chi connectivity index (χ1v) is 13.8. The average Bonchev–Trinajstić information content (AvgIpc) is 3.17. The normalized spacial score (nSPS) is 23.4. The first kappa shape index (κ1) is 27.5. The van der Waals surface area contributed by atoms with Crippen molar-refractivity contribution in [3.05, 3.63) is 69.2 Å². The van der Waals surface area contributed by atoms with E-state index in [1.165, 1.54) is 0 Å². The molecule has 2 fully saturated rings. The maximum atomic E-state index is 13.2. The number of fused-ring (bicyclic) bond motifs is 1. The van der Waals surface area contributed by atoms with E-state index in [1.54, 1.807) is 13.1 Å². The second-order valence-corrected chi connectivity index (χ2v) is 11.2. The molecule has 206 valence electrons. The number of amides is 4. The molecule has 2 aromatic rings. The summed E-state index contributed by atoms with van der Waals surface area (Å²) >= 11 is 6.43. The fraction of sp³-hybridized carbons (Fsp3) is 0.448. The first-order valence-electron chi connectivity index (χ1n) is 13.4. The topological polar surface area (TPSA) is 105 Å². The first-order chi connectivity index (χ1) is 18.7. The zero-order valence-corrected chi connectivity index (χ0v) is 22.9. The molecule has 3 aliphatic rings. The van der Waals surface area contributed by atoms with Crippen molar-refractivity contribution >= 4 is 35.2 Å². The van der Waals surface area contributed by atoms with Gasteiger partial charge in [0, 0.05) is 49.6 Å². The Morgan fingerprint density at radius 1 is 1.13 bits per heavy atom. The van der Waals surface area contributed by atoms with Crippen molar-refractivity contribution in [2.45, 2.75) is 44.8 Å². The minimum Gasteiger partial charge on any atom is -0.379 e. The van der Waals surface area contributed by atoms with Crippen LogP contribution in [0.1, 0.15) is 45.5 Å². The molecule has 0 radical (unpaired) electrons. The number of rotatable bonds is 8. The van der Waals surface area contributed by atoms with Gasteiger partial charge in [0.2, 0.25) is 11.8 Å². The van der Waals surface area contributed by atoms with Gasteiger partial charge in [-0.25, -0.2) is 9.28 Å². The summed E-state index contributed by atoms with van der Waals surface area (Å²) in [7, 11) is 1.76. The molecule has 5 rings (SSSR count). The lowest BCUT2D eigenvalue weighted by Crippen LogP contribution is -2.61. The minimum absolute atomic E-state index is 0.0747. The number of quaternary nitrogens is 1. The van der Waals surface area contributed by atoms with Crippen LogP contribution >= 0.6 is 11.6 Å². The Labute approximate surface area is 233 Å². The molecular formula is C29H34ClN4O5+. The van der Waals surface area contributed by atoms with Gasteiger partial charge in [-0.05, 0) is 41.3 Å². The van der Waals surface area contributed by atoms with Gasteiger partial charge in [0.1, 0.15) is 6.54 Å². The van der Waals surface area contributed by atoms with E-state index >= 15 is 0 Å². The van der Waals surface area contributed by atoms with Crippen LogP contribution in [-0.4, -0.2) is 78.9 Å². The van der Waals surface area contributed by atoms with Crippen LogP contribution in [0.5, 0.6) is 0 Å². The van der Waals surface area contributed by atoms with E-state index in [2.05, 4.69) is 15.5 Å². The van der Waals surface area contributed by atoms with Gasteiger partial charge in [-0.15, -0.1) is 0 Å². The standard InChI is InChI=1S/C29H33ClN4O5/c1-34(25-6-7-26(35)32-28(25)37)18-22-15-20(2-4-23(22)29(34)38)17-31-27(36)16-19-3-5-24(30)21(14-19)8-9-33-10-12-39-13-11-33/h2-5,14-15,25H,6-13,16-18H2,1H3,(H-,31,32,35,36,37)/p+1. The van der Waals surface area contributed by atoms with E-state index in [9.17, 15) is 19.2 Å². The Morgan fingerprint density at radius 2 is 1.90 bits per heavy atom. The Morgan fingerprint density at radius 3 is 2.67 bits per heavy atom. The fourth-order valence-electron chi connectivity index (χ4n) is 5.76. The third-order valence-corrected chi connectivity index (χ3v) is 8.40. The molecule has 2 unspecified atom stereocenters. The number of halogens is 1. The maximum absolute atomic E-state index is 13.2. The molecule has 0 aromatic heterocycles. The Bertz CT molecular complexity index is 1310. The Hall–Kier alpha value is -3.11. The van der Waals surface area contributed by atoms with Crippen molar-refractivity contribution in [2.24, 2.45) is 0 Å². The average molecular weight is 554 g/mol. The maximum Gasteiger partial charge on any atom is 0.347 e. The molecule has 3 aliphatic heterocycles. The van der Waals surface area contributed by atoms with Crippen LogP contribution in [0.15, 0.2) is 36.4 Å². The SMILES string of the molecule is C[N+]1(C2CCC(=O)NC2=O)Cc2cc(CNC(=O)Cc3ccc(Cl)c(CCN4CCOCC4)c3)ccc2C1=O. The summed E-state index contributed by atoms with van der Waals surface area (Å²) in [4.78, 5) is 52.4. The van der Waals surface area contributed by atoms with Crippen molar-refractivity contribution in [1.82, 2.24) is 15.5 Å². The van der Waals surface area contributed by atoms with Gasteiger partial charge in [0.25, 0.3) is 5.91 Å². The van der Waals surface area contributed by atoms with Gasteiger partial charge in [-0.1, -0.05) is 29.8 Å². The molecule has 3 heterocycles. The Kier molecular flexibility index (Phi) is 8.13. The molecule has 0 spiro atoms. The van der Waals surface area contributed by atoms with Crippen LogP contribution < -0.4 is 10.6 Å². The summed E-state index contributed by atoms with van der Waals surface area (Å²) in [5.74, 6) is -0.916. The van der Waals surface area contributed by atoms with Crippen LogP contribution in [0.25, 0.3) is 0 Å². The molecule has 2 aromatic carbocycles. The quantitative estimate of drug-likeness (QED) is 0.383. The predicted octanol–water partition coefficient (Wildman–Crippen LogP) is 1.98. The van der Waals surface area contributed by atoms with Crippen molar-refractivity contribution in [3.8, 4) is 0 Å². The molecule has 0 aliphatic carbocycles. The van der Waals surface area contributed by atoms with E-state index in [4.69, 9.17) is 16.3 Å². The van der Waals surface area contributed by atoms with Crippen molar-refractivity contribution in [2.75, 3.05) is 39.9 Å². The van der Waals surface area contributed by atoms with Gasteiger partial charge < -0.3 is 10.1 Å². The summed E-state index contributed by atoms with van der Waals surface area (Å²) in [5, 5.41) is 6.05. The second kappa shape index (κ2) is 11.6. The number of ether oxygens (including phenoxy) is 1. The zero-order valence-electron chi connectivity index (χ0n) is 22.1. The van der Waals surface area contributed by atoms with E-state index in [0.29, 0.717) is 30.1 Å². The molecule has 2 saturated heterocycles.